The predicted molar refractivity (Wildman–Crippen MR) is 122 cm³/mol. The first-order chi connectivity index (χ1) is 14.3. The Hall–Kier alpha value is -1.52. The van der Waals surface area contributed by atoms with Crippen molar-refractivity contribution in [2.24, 2.45) is 0 Å². The summed E-state index contributed by atoms with van der Waals surface area (Å²) in [4.78, 5) is 12.6. The van der Waals surface area contributed by atoms with Crippen molar-refractivity contribution < 1.29 is 31.3 Å². The molecule has 0 amide bonds. The van der Waals surface area contributed by atoms with Gasteiger partial charge in [-0.05, 0) is 23.7 Å². The summed E-state index contributed by atoms with van der Waals surface area (Å²) in [6.07, 6.45) is 2.93. The fourth-order valence-corrected chi connectivity index (χ4v) is 4.45. The van der Waals surface area contributed by atoms with Gasteiger partial charge in [-0.3, -0.25) is 4.18 Å². The molecule has 0 aliphatic carbocycles. The molecule has 0 aromatic heterocycles. The molecule has 1 aliphatic rings. The largest absolute Gasteiger partial charge is 0.459 e. The van der Waals surface area contributed by atoms with Gasteiger partial charge in [0.15, 0.2) is 14.4 Å². The number of esters is 1. The van der Waals surface area contributed by atoms with E-state index < -0.39 is 42.7 Å². The van der Waals surface area contributed by atoms with Crippen molar-refractivity contribution in [3.8, 4) is 0 Å². The first kappa shape index (κ1) is 25.7. The highest BCUT2D eigenvalue weighted by atomic mass is 32.2. The number of carbonyl (C=O) groups is 1. The van der Waals surface area contributed by atoms with E-state index in [0.717, 1.165) is 11.8 Å². The predicted octanol–water partition coefficient (Wildman–Crippen LogP) is 3.81. The number of carbonyl (C=O) groups excluding carboxylic acids is 1. The topological polar surface area (TPSA) is 88.1 Å². The van der Waals surface area contributed by atoms with Crippen molar-refractivity contribution in [3.63, 3.8) is 0 Å². The van der Waals surface area contributed by atoms with Crippen LogP contribution in [-0.4, -0.2) is 53.9 Å². The second-order valence-corrected chi connectivity index (χ2v) is 15.7. The second kappa shape index (κ2) is 10.4. The van der Waals surface area contributed by atoms with Gasteiger partial charge < -0.3 is 13.9 Å². The lowest BCUT2D eigenvalue weighted by Gasteiger charge is -2.41. The van der Waals surface area contributed by atoms with Gasteiger partial charge >= 0.3 is 5.97 Å². The molecular weight excluding hydrogens is 436 g/mol. The summed E-state index contributed by atoms with van der Waals surface area (Å²) in [5.74, 6) is -0.465. The molecular formula is C22H34O7SSi. The minimum absolute atomic E-state index is 0.0945. The normalized spacial score (nSPS) is 21.0. The van der Waals surface area contributed by atoms with Crippen LogP contribution in [0.2, 0.25) is 18.1 Å². The van der Waals surface area contributed by atoms with E-state index in [2.05, 4.69) is 33.9 Å². The van der Waals surface area contributed by atoms with E-state index in [0.29, 0.717) is 6.42 Å². The van der Waals surface area contributed by atoms with Gasteiger partial charge in [0.1, 0.15) is 12.7 Å². The maximum Gasteiger partial charge on any atom is 0.335 e. The lowest BCUT2D eigenvalue weighted by Crippen LogP contribution is -2.50. The van der Waals surface area contributed by atoms with Gasteiger partial charge in [0.05, 0.1) is 19.0 Å². The van der Waals surface area contributed by atoms with Gasteiger partial charge in [-0.25, -0.2) is 4.79 Å². The molecule has 1 aromatic carbocycles. The molecule has 0 saturated heterocycles. The summed E-state index contributed by atoms with van der Waals surface area (Å²) >= 11 is 0. The SMILES string of the molecule is CC(C)(C)[Si](C)(C)O[C@H](COS(C)(=O)=O)[C@@H]1C=CC[C@H](C(=O)OCc2ccccc2)O1. The van der Waals surface area contributed by atoms with Crippen molar-refractivity contribution in [1.29, 1.82) is 0 Å². The van der Waals surface area contributed by atoms with Crippen molar-refractivity contribution >= 4 is 24.4 Å². The van der Waals surface area contributed by atoms with Crippen LogP contribution in [0.3, 0.4) is 0 Å². The van der Waals surface area contributed by atoms with Crippen LogP contribution in [0.5, 0.6) is 0 Å². The quantitative estimate of drug-likeness (QED) is 0.235. The first-order valence-electron chi connectivity index (χ1n) is 10.3. The van der Waals surface area contributed by atoms with Crippen LogP contribution in [0.15, 0.2) is 42.5 Å². The number of rotatable bonds is 9. The molecule has 0 bridgehead atoms. The molecule has 9 heteroatoms. The number of ether oxygens (including phenoxy) is 2. The van der Waals surface area contributed by atoms with E-state index in [-0.39, 0.29) is 18.3 Å². The number of benzene rings is 1. The second-order valence-electron chi connectivity index (χ2n) is 9.25. The van der Waals surface area contributed by atoms with Gasteiger partial charge in [0.2, 0.25) is 0 Å². The Morgan fingerprint density at radius 3 is 2.45 bits per heavy atom. The van der Waals surface area contributed by atoms with Gasteiger partial charge in [-0.2, -0.15) is 8.42 Å². The van der Waals surface area contributed by atoms with Crippen molar-refractivity contribution in [2.75, 3.05) is 12.9 Å². The highest BCUT2D eigenvalue weighted by Crippen LogP contribution is 2.38. The van der Waals surface area contributed by atoms with Crippen LogP contribution in [0.4, 0.5) is 0 Å². The molecule has 174 valence electrons. The van der Waals surface area contributed by atoms with E-state index in [1.54, 1.807) is 6.08 Å². The smallest absolute Gasteiger partial charge is 0.335 e. The fourth-order valence-electron chi connectivity index (χ4n) is 2.75. The zero-order valence-electron chi connectivity index (χ0n) is 19.2. The van der Waals surface area contributed by atoms with Gasteiger partial charge in [0, 0.05) is 6.42 Å². The molecule has 1 aromatic rings. The van der Waals surface area contributed by atoms with Crippen LogP contribution in [0, 0.1) is 0 Å². The van der Waals surface area contributed by atoms with Crippen molar-refractivity contribution in [2.45, 2.75) is 70.2 Å². The third kappa shape index (κ3) is 8.15. The summed E-state index contributed by atoms with van der Waals surface area (Å²) in [6.45, 7) is 10.4. The molecule has 0 N–H and O–H groups in total. The third-order valence-electron chi connectivity index (χ3n) is 5.55. The van der Waals surface area contributed by atoms with Crippen LogP contribution in [0.1, 0.15) is 32.8 Å². The average molecular weight is 471 g/mol. The van der Waals surface area contributed by atoms with Crippen LogP contribution in [0.25, 0.3) is 0 Å². The maximum atomic E-state index is 12.6. The molecule has 0 radical (unpaired) electrons. The molecule has 3 atom stereocenters. The van der Waals surface area contributed by atoms with Crippen LogP contribution in [-0.2, 0) is 39.6 Å². The average Bonchev–Trinajstić information content (AvgIpc) is 2.68. The monoisotopic (exact) mass is 470 g/mol. The zero-order valence-corrected chi connectivity index (χ0v) is 21.0. The number of hydrogen-bond donors (Lipinski definition) is 0. The molecule has 0 saturated carbocycles. The maximum absolute atomic E-state index is 12.6. The minimum Gasteiger partial charge on any atom is -0.459 e. The Kier molecular flexibility index (Phi) is 8.63. The Balaban J connectivity index is 2.09. The fraction of sp³-hybridized carbons (Fsp3) is 0.591. The molecule has 31 heavy (non-hydrogen) atoms. The minimum atomic E-state index is -3.65. The van der Waals surface area contributed by atoms with Gasteiger partial charge in [-0.15, -0.1) is 0 Å². The highest BCUT2D eigenvalue weighted by Gasteiger charge is 2.42. The molecule has 0 fully saturated rings. The lowest BCUT2D eigenvalue weighted by atomic mass is 10.1. The Bertz CT molecular complexity index is 860. The molecule has 2 rings (SSSR count). The van der Waals surface area contributed by atoms with Crippen molar-refractivity contribution in [3.05, 3.63) is 48.0 Å². The Morgan fingerprint density at radius 2 is 1.87 bits per heavy atom. The summed E-state index contributed by atoms with van der Waals surface area (Å²) in [5.41, 5.74) is 0.888. The Labute approximate surface area is 187 Å². The lowest BCUT2D eigenvalue weighted by molar-refractivity contribution is -0.165. The van der Waals surface area contributed by atoms with E-state index in [1.165, 1.54) is 0 Å². The number of hydrogen-bond acceptors (Lipinski definition) is 7. The standard InChI is InChI=1S/C22H34O7SSi/c1-22(2,3)31(5,6)29-20(16-27-30(4,24)25)18-13-10-14-19(28-18)21(23)26-15-17-11-8-7-9-12-17/h7-13,18-20H,14-16H2,1-6H3/t18-,19+,20+/m0/s1. The van der Waals surface area contributed by atoms with Gasteiger partial charge in [-0.1, -0.05) is 63.3 Å². The molecule has 1 aliphatic heterocycles. The third-order valence-corrected chi connectivity index (χ3v) is 10.6. The first-order valence-corrected chi connectivity index (χ1v) is 15.1. The van der Waals surface area contributed by atoms with Crippen LogP contribution < -0.4 is 0 Å². The Morgan fingerprint density at radius 1 is 1.23 bits per heavy atom. The summed E-state index contributed by atoms with van der Waals surface area (Å²) in [6, 6.07) is 9.41. The van der Waals surface area contributed by atoms with E-state index in [4.69, 9.17) is 18.1 Å². The van der Waals surface area contributed by atoms with Crippen LogP contribution >= 0.6 is 0 Å². The summed E-state index contributed by atoms with van der Waals surface area (Å²) < 4.78 is 46.0. The highest BCUT2D eigenvalue weighted by molar-refractivity contribution is 7.85. The van der Waals surface area contributed by atoms with Gasteiger partial charge in [0.25, 0.3) is 10.1 Å². The zero-order chi connectivity index (χ0) is 23.3. The molecule has 7 nitrogen and oxygen atoms in total. The van der Waals surface area contributed by atoms with Crippen molar-refractivity contribution in [1.82, 2.24) is 0 Å². The van der Waals surface area contributed by atoms with E-state index >= 15 is 0 Å². The van der Waals surface area contributed by atoms with E-state index in [9.17, 15) is 13.2 Å². The van der Waals surface area contributed by atoms with E-state index in [1.807, 2.05) is 36.4 Å². The molecule has 0 spiro atoms. The molecule has 1 heterocycles. The summed E-state index contributed by atoms with van der Waals surface area (Å²) in [5, 5.41) is -0.0945. The molecule has 0 unspecified atom stereocenters. The summed E-state index contributed by atoms with van der Waals surface area (Å²) in [7, 11) is -5.92.